The van der Waals surface area contributed by atoms with Crippen molar-refractivity contribution in [3.8, 4) is 0 Å². The van der Waals surface area contributed by atoms with Gasteiger partial charge in [-0.3, -0.25) is 0 Å². The first-order chi connectivity index (χ1) is 8.66. The van der Waals surface area contributed by atoms with Crippen molar-refractivity contribution in [2.45, 2.75) is 0 Å². The van der Waals surface area contributed by atoms with E-state index in [4.69, 9.17) is 35.4 Å². The van der Waals surface area contributed by atoms with Gasteiger partial charge in [0.25, 0.3) is 0 Å². The highest BCUT2D eigenvalue weighted by Crippen LogP contribution is 2.29. The van der Waals surface area contributed by atoms with Crippen LogP contribution in [0.25, 0.3) is 0 Å². The normalized spacial score (nSPS) is 9.89. The number of thiocarbonyl (C=S) groups is 1. The Bertz CT molecular complexity index is 540. The largest absolute Gasteiger partial charge is 0.330 e. The van der Waals surface area contributed by atoms with Gasteiger partial charge in [0.15, 0.2) is 5.11 Å². The Balaban J connectivity index is 2.08. The lowest BCUT2D eigenvalue weighted by molar-refractivity contribution is 1.32. The van der Waals surface area contributed by atoms with Gasteiger partial charge >= 0.3 is 0 Å². The average Bonchev–Trinajstić information content (AvgIpc) is 2.35. The minimum Gasteiger partial charge on any atom is -0.330 e. The molecule has 1 aromatic carbocycles. The highest BCUT2D eigenvalue weighted by Gasteiger charge is 2.07. The smallest absolute Gasteiger partial charge is 0.176 e. The number of pyridine rings is 1. The summed E-state index contributed by atoms with van der Waals surface area (Å²) in [4.78, 5) is 4.10. The lowest BCUT2D eigenvalue weighted by atomic mass is 10.3. The van der Waals surface area contributed by atoms with E-state index in [1.807, 2.05) is 18.2 Å². The molecule has 0 aliphatic heterocycles. The molecule has 0 fully saturated rings. The molecule has 0 aliphatic rings. The first kappa shape index (κ1) is 13.1. The van der Waals surface area contributed by atoms with E-state index in [1.165, 1.54) is 0 Å². The van der Waals surface area contributed by atoms with E-state index in [-0.39, 0.29) is 0 Å². The standard InChI is InChI=1S/C12H9Cl2N3S/c13-8-4-3-5-9(14)11(8)17-12(18)16-10-6-1-2-7-15-10/h1-7H,(H2,15,16,17,18). The third-order valence-corrected chi connectivity index (χ3v) is 2.94. The number of benzene rings is 1. The van der Waals surface area contributed by atoms with Gasteiger partial charge in [0.1, 0.15) is 5.82 Å². The molecule has 3 nitrogen and oxygen atoms in total. The maximum absolute atomic E-state index is 6.03. The fourth-order valence-corrected chi connectivity index (χ4v) is 2.01. The number of nitrogens with one attached hydrogen (secondary N) is 2. The summed E-state index contributed by atoms with van der Waals surface area (Å²) in [6.07, 6.45) is 1.67. The summed E-state index contributed by atoms with van der Waals surface area (Å²) in [5.41, 5.74) is 0.578. The van der Waals surface area contributed by atoms with Crippen molar-refractivity contribution in [1.82, 2.24) is 4.98 Å². The van der Waals surface area contributed by atoms with Crippen molar-refractivity contribution < 1.29 is 0 Å². The number of para-hydroxylation sites is 1. The molecule has 0 aliphatic carbocycles. The van der Waals surface area contributed by atoms with Crippen LogP contribution >= 0.6 is 35.4 Å². The fourth-order valence-electron chi connectivity index (χ4n) is 1.32. The van der Waals surface area contributed by atoms with Crippen molar-refractivity contribution in [2.75, 3.05) is 10.6 Å². The van der Waals surface area contributed by atoms with E-state index in [1.54, 1.807) is 24.4 Å². The van der Waals surface area contributed by atoms with Crippen molar-refractivity contribution >= 4 is 52.0 Å². The zero-order chi connectivity index (χ0) is 13.0. The van der Waals surface area contributed by atoms with E-state index in [0.29, 0.717) is 26.7 Å². The maximum atomic E-state index is 6.03. The molecule has 0 unspecified atom stereocenters. The Morgan fingerprint density at radius 1 is 1.00 bits per heavy atom. The van der Waals surface area contributed by atoms with Gasteiger partial charge in [0.05, 0.1) is 15.7 Å². The van der Waals surface area contributed by atoms with E-state index in [2.05, 4.69) is 15.6 Å². The molecule has 0 saturated carbocycles. The minimum atomic E-state index is 0.378. The van der Waals surface area contributed by atoms with Gasteiger partial charge in [0, 0.05) is 6.20 Å². The lowest BCUT2D eigenvalue weighted by Crippen LogP contribution is -2.20. The van der Waals surface area contributed by atoms with Crippen LogP contribution in [0.3, 0.4) is 0 Å². The van der Waals surface area contributed by atoms with Gasteiger partial charge in [0.2, 0.25) is 0 Å². The Kier molecular flexibility index (Phi) is 4.36. The van der Waals surface area contributed by atoms with E-state index in [0.717, 1.165) is 0 Å². The van der Waals surface area contributed by atoms with Crippen molar-refractivity contribution in [1.29, 1.82) is 0 Å². The summed E-state index contributed by atoms with van der Waals surface area (Å²) < 4.78 is 0. The van der Waals surface area contributed by atoms with Gasteiger partial charge < -0.3 is 10.6 Å². The first-order valence-corrected chi connectivity index (χ1v) is 6.26. The molecular formula is C12H9Cl2N3S. The first-order valence-electron chi connectivity index (χ1n) is 5.10. The molecule has 0 atom stereocenters. The minimum absolute atomic E-state index is 0.378. The zero-order valence-corrected chi connectivity index (χ0v) is 11.5. The Morgan fingerprint density at radius 3 is 2.33 bits per heavy atom. The predicted molar refractivity (Wildman–Crippen MR) is 80.5 cm³/mol. The van der Waals surface area contributed by atoms with Gasteiger partial charge in [-0.15, -0.1) is 0 Å². The molecule has 92 valence electrons. The summed E-state index contributed by atoms with van der Waals surface area (Å²) in [6, 6.07) is 10.7. The Hall–Kier alpha value is -1.36. The number of nitrogens with zero attached hydrogens (tertiary/aromatic N) is 1. The summed E-state index contributed by atoms with van der Waals surface area (Å²) >= 11 is 17.2. The number of anilines is 2. The molecule has 0 bridgehead atoms. The van der Waals surface area contributed by atoms with Crippen LogP contribution in [0.4, 0.5) is 11.5 Å². The van der Waals surface area contributed by atoms with Crippen LogP contribution in [-0.4, -0.2) is 10.1 Å². The molecule has 1 heterocycles. The number of rotatable bonds is 2. The van der Waals surface area contributed by atoms with Gasteiger partial charge in [-0.2, -0.15) is 0 Å². The molecule has 0 amide bonds. The lowest BCUT2D eigenvalue weighted by Gasteiger charge is -2.12. The third-order valence-electron chi connectivity index (χ3n) is 2.11. The van der Waals surface area contributed by atoms with E-state index >= 15 is 0 Å². The van der Waals surface area contributed by atoms with Crippen LogP contribution in [0.1, 0.15) is 0 Å². The fraction of sp³-hybridized carbons (Fsp3) is 0. The van der Waals surface area contributed by atoms with Crippen LogP contribution < -0.4 is 10.6 Å². The Morgan fingerprint density at radius 2 is 1.72 bits per heavy atom. The predicted octanol–water partition coefficient (Wildman–Crippen LogP) is 4.20. The number of halogens is 2. The number of hydrogen-bond acceptors (Lipinski definition) is 2. The SMILES string of the molecule is S=C(Nc1ccccn1)Nc1c(Cl)cccc1Cl. The summed E-state index contributed by atoms with van der Waals surface area (Å²) in [5, 5.41) is 7.27. The maximum Gasteiger partial charge on any atom is 0.176 e. The van der Waals surface area contributed by atoms with Crippen molar-refractivity contribution in [2.24, 2.45) is 0 Å². The second kappa shape index (κ2) is 6.00. The molecule has 0 radical (unpaired) electrons. The highest BCUT2D eigenvalue weighted by molar-refractivity contribution is 7.80. The second-order valence-corrected chi connectivity index (χ2v) is 4.61. The van der Waals surface area contributed by atoms with Crippen molar-refractivity contribution in [3.05, 3.63) is 52.6 Å². The highest BCUT2D eigenvalue weighted by atomic mass is 35.5. The third kappa shape index (κ3) is 3.32. The quantitative estimate of drug-likeness (QED) is 0.815. The molecular weight excluding hydrogens is 289 g/mol. The van der Waals surface area contributed by atoms with E-state index in [9.17, 15) is 0 Å². The molecule has 18 heavy (non-hydrogen) atoms. The number of hydrogen-bond donors (Lipinski definition) is 2. The van der Waals surface area contributed by atoms with Gasteiger partial charge in [-0.1, -0.05) is 35.3 Å². The van der Waals surface area contributed by atoms with E-state index < -0.39 is 0 Å². The van der Waals surface area contributed by atoms with Crippen LogP contribution in [0.15, 0.2) is 42.6 Å². The molecule has 2 N–H and O–H groups in total. The Labute approximate surface area is 120 Å². The monoisotopic (exact) mass is 297 g/mol. The molecule has 2 aromatic rings. The van der Waals surface area contributed by atoms with Crippen LogP contribution in [0, 0.1) is 0 Å². The second-order valence-electron chi connectivity index (χ2n) is 3.39. The summed E-state index contributed by atoms with van der Waals surface area (Å²) in [7, 11) is 0. The molecule has 0 spiro atoms. The van der Waals surface area contributed by atoms with Crippen LogP contribution in [-0.2, 0) is 0 Å². The average molecular weight is 298 g/mol. The van der Waals surface area contributed by atoms with Gasteiger partial charge in [-0.05, 0) is 36.5 Å². The molecule has 2 rings (SSSR count). The topological polar surface area (TPSA) is 37.0 Å². The van der Waals surface area contributed by atoms with Gasteiger partial charge in [-0.25, -0.2) is 4.98 Å². The summed E-state index contributed by atoms with van der Waals surface area (Å²) in [5.74, 6) is 0.651. The molecule has 6 heteroatoms. The van der Waals surface area contributed by atoms with Crippen LogP contribution in [0.5, 0.6) is 0 Å². The zero-order valence-electron chi connectivity index (χ0n) is 9.15. The van der Waals surface area contributed by atoms with Crippen LogP contribution in [0.2, 0.25) is 10.0 Å². The van der Waals surface area contributed by atoms with Crippen molar-refractivity contribution in [3.63, 3.8) is 0 Å². The molecule has 1 aromatic heterocycles. The summed E-state index contributed by atoms with van der Waals surface area (Å²) in [6.45, 7) is 0. The number of aromatic nitrogens is 1. The molecule has 0 saturated heterocycles.